The highest BCUT2D eigenvalue weighted by atomic mass is 32.2. The van der Waals surface area contributed by atoms with Gasteiger partial charge in [0.05, 0.1) is 4.90 Å². The summed E-state index contributed by atoms with van der Waals surface area (Å²) in [6.07, 6.45) is 3.79. The van der Waals surface area contributed by atoms with Gasteiger partial charge in [-0.05, 0) is 42.7 Å². The van der Waals surface area contributed by atoms with Gasteiger partial charge in [0.15, 0.2) is 0 Å². The summed E-state index contributed by atoms with van der Waals surface area (Å²) in [4.78, 5) is 0.149. The van der Waals surface area contributed by atoms with Crippen LogP contribution in [0.5, 0.6) is 0 Å². The number of sulfonamides is 1. The molecule has 3 rings (SSSR count). The van der Waals surface area contributed by atoms with E-state index in [9.17, 15) is 17.2 Å². The van der Waals surface area contributed by atoms with E-state index in [-0.39, 0.29) is 16.5 Å². The number of aliphatic hydroxyl groups is 1. The predicted molar refractivity (Wildman–Crippen MR) is 92.5 cm³/mol. The maximum absolute atomic E-state index is 13.8. The fourth-order valence-electron chi connectivity index (χ4n) is 2.87. The Labute approximate surface area is 146 Å². The number of hydrogen-bond donors (Lipinski definition) is 2. The fraction of sp³-hybridized carbons (Fsp3) is 0.333. The summed E-state index contributed by atoms with van der Waals surface area (Å²) in [6.45, 7) is 0. The van der Waals surface area contributed by atoms with Gasteiger partial charge in [-0.2, -0.15) is 0 Å². The van der Waals surface area contributed by atoms with Gasteiger partial charge in [-0.15, -0.1) is 0 Å². The Morgan fingerprint density at radius 1 is 1.00 bits per heavy atom. The van der Waals surface area contributed by atoms with Crippen LogP contribution in [0, 0.1) is 11.6 Å². The van der Waals surface area contributed by atoms with Crippen molar-refractivity contribution in [2.24, 2.45) is 0 Å². The summed E-state index contributed by atoms with van der Waals surface area (Å²) in [5, 5.41) is 7.00. The molecule has 136 valence electrons. The number of hydrogen-bond acceptors (Lipinski definition) is 3. The highest BCUT2D eigenvalue weighted by Crippen LogP contribution is 2.25. The van der Waals surface area contributed by atoms with Gasteiger partial charge in [0.25, 0.3) is 0 Å². The van der Waals surface area contributed by atoms with E-state index in [2.05, 4.69) is 4.72 Å². The highest BCUT2D eigenvalue weighted by Gasteiger charge is 2.22. The molecule has 1 fully saturated rings. The third-order valence-electron chi connectivity index (χ3n) is 4.08. The second-order valence-electron chi connectivity index (χ2n) is 5.75. The van der Waals surface area contributed by atoms with Crippen molar-refractivity contribution in [1.82, 2.24) is 4.72 Å². The number of benzene rings is 2. The highest BCUT2D eigenvalue weighted by molar-refractivity contribution is 7.89. The van der Waals surface area contributed by atoms with Crippen molar-refractivity contribution >= 4 is 10.0 Å². The van der Waals surface area contributed by atoms with E-state index in [1.165, 1.54) is 36.4 Å². The molecule has 4 nitrogen and oxygen atoms in total. The summed E-state index contributed by atoms with van der Waals surface area (Å²) >= 11 is 0. The summed E-state index contributed by atoms with van der Waals surface area (Å²) < 4.78 is 54.0. The molecule has 1 aliphatic carbocycles. The van der Waals surface area contributed by atoms with Gasteiger partial charge in [-0.25, -0.2) is 21.9 Å². The van der Waals surface area contributed by atoms with Gasteiger partial charge >= 0.3 is 0 Å². The molecule has 0 saturated heterocycles. The quantitative estimate of drug-likeness (QED) is 0.867. The summed E-state index contributed by atoms with van der Waals surface area (Å²) in [5.41, 5.74) is 0.737. The molecule has 1 aliphatic rings. The Hall–Kier alpha value is -1.83. The fourth-order valence-corrected chi connectivity index (χ4v) is 4.17. The zero-order chi connectivity index (χ0) is 18.4. The van der Waals surface area contributed by atoms with Crippen LogP contribution >= 0.6 is 0 Å². The van der Waals surface area contributed by atoms with Gasteiger partial charge in [0.1, 0.15) is 11.6 Å². The molecule has 25 heavy (non-hydrogen) atoms. The number of nitrogens with one attached hydrogen (secondary N) is 1. The number of halogens is 2. The van der Waals surface area contributed by atoms with Crippen LogP contribution in [0.1, 0.15) is 25.7 Å². The Bertz CT molecular complexity index is 802. The van der Waals surface area contributed by atoms with Gasteiger partial charge < -0.3 is 5.11 Å². The van der Waals surface area contributed by atoms with Crippen LogP contribution in [-0.2, 0) is 10.0 Å². The molecule has 0 spiro atoms. The molecule has 7 heteroatoms. The predicted octanol–water partition coefficient (Wildman–Crippen LogP) is 3.46. The molecule has 0 unspecified atom stereocenters. The third kappa shape index (κ3) is 4.84. The molecule has 2 N–H and O–H groups in total. The lowest BCUT2D eigenvalue weighted by molar-refractivity contribution is 0.399. The number of aliphatic hydroxyl groups excluding tert-OH is 1. The topological polar surface area (TPSA) is 66.4 Å². The molecule has 2 aromatic carbocycles. The van der Waals surface area contributed by atoms with Crippen LogP contribution in [0.25, 0.3) is 11.1 Å². The van der Waals surface area contributed by atoms with Crippen molar-refractivity contribution in [1.29, 1.82) is 0 Å². The van der Waals surface area contributed by atoms with E-state index in [1.54, 1.807) is 0 Å². The molecule has 0 atom stereocenters. The lowest BCUT2D eigenvalue weighted by Crippen LogP contribution is -2.32. The maximum atomic E-state index is 13.8. The van der Waals surface area contributed by atoms with Crippen LogP contribution in [-0.4, -0.2) is 26.7 Å². The van der Waals surface area contributed by atoms with Crippen molar-refractivity contribution in [3.63, 3.8) is 0 Å². The Morgan fingerprint density at radius 2 is 1.60 bits per heavy atom. The van der Waals surface area contributed by atoms with E-state index in [0.717, 1.165) is 38.9 Å². The minimum absolute atomic E-state index is 0.00535. The molecule has 1 saturated carbocycles. The number of rotatable bonds is 4. The van der Waals surface area contributed by atoms with Crippen LogP contribution in [0.2, 0.25) is 0 Å². The zero-order valence-corrected chi connectivity index (χ0v) is 14.7. The van der Waals surface area contributed by atoms with E-state index < -0.39 is 21.7 Å². The molecular weight excluding hydrogens is 348 g/mol. The molecule has 0 amide bonds. The van der Waals surface area contributed by atoms with Crippen molar-refractivity contribution in [3.8, 4) is 11.1 Å². The van der Waals surface area contributed by atoms with Crippen molar-refractivity contribution in [2.45, 2.75) is 36.6 Å². The Balaban J connectivity index is 0.00000109. The third-order valence-corrected chi connectivity index (χ3v) is 5.62. The van der Waals surface area contributed by atoms with Gasteiger partial charge in [0.2, 0.25) is 10.0 Å². The molecule has 0 aromatic heterocycles. The second-order valence-corrected chi connectivity index (χ2v) is 7.47. The first kappa shape index (κ1) is 19.5. The summed E-state index contributed by atoms with van der Waals surface area (Å²) in [7, 11) is -2.56. The minimum atomic E-state index is -3.56. The smallest absolute Gasteiger partial charge is 0.240 e. The Morgan fingerprint density at radius 3 is 2.16 bits per heavy atom. The monoisotopic (exact) mass is 369 g/mol. The van der Waals surface area contributed by atoms with Gasteiger partial charge in [-0.3, -0.25) is 0 Å². The molecule has 0 radical (unpaired) electrons. The zero-order valence-electron chi connectivity index (χ0n) is 13.9. The van der Waals surface area contributed by atoms with Gasteiger partial charge in [0, 0.05) is 24.8 Å². The van der Waals surface area contributed by atoms with E-state index >= 15 is 0 Å². The van der Waals surface area contributed by atoms with Gasteiger partial charge in [-0.1, -0.05) is 25.0 Å². The average Bonchev–Trinajstić information content (AvgIpc) is 3.09. The molecule has 2 aromatic rings. The standard InChI is InChI=1S/C17H17F2NO2S.CH4O/c18-13-7-10-16(17(19)11-13)12-5-8-15(9-6-12)23(21,22)20-14-3-1-2-4-14;1-2/h5-11,14,20H,1-4H2;2H,1H3. The van der Waals surface area contributed by atoms with Crippen LogP contribution < -0.4 is 4.72 Å². The Kier molecular flexibility index (Phi) is 6.64. The van der Waals surface area contributed by atoms with Crippen LogP contribution in [0.15, 0.2) is 47.4 Å². The normalized spacial score (nSPS) is 14.9. The van der Waals surface area contributed by atoms with Crippen molar-refractivity contribution in [3.05, 3.63) is 54.1 Å². The largest absolute Gasteiger partial charge is 0.400 e. The molecular formula is C18H21F2NO3S. The first-order valence-corrected chi connectivity index (χ1v) is 9.46. The van der Waals surface area contributed by atoms with E-state index in [0.29, 0.717) is 5.56 Å². The minimum Gasteiger partial charge on any atom is -0.400 e. The second kappa shape index (κ2) is 8.51. The molecule has 0 bridgehead atoms. The SMILES string of the molecule is CO.O=S(=O)(NC1CCCC1)c1ccc(-c2ccc(F)cc2F)cc1. The lowest BCUT2D eigenvalue weighted by atomic mass is 10.1. The average molecular weight is 369 g/mol. The summed E-state index contributed by atoms with van der Waals surface area (Å²) in [6, 6.07) is 9.25. The van der Waals surface area contributed by atoms with Crippen molar-refractivity contribution < 1.29 is 22.3 Å². The first-order valence-electron chi connectivity index (χ1n) is 7.98. The molecule has 0 aliphatic heterocycles. The van der Waals surface area contributed by atoms with Crippen molar-refractivity contribution in [2.75, 3.05) is 7.11 Å². The van der Waals surface area contributed by atoms with E-state index in [1.807, 2.05) is 0 Å². The maximum Gasteiger partial charge on any atom is 0.240 e. The summed E-state index contributed by atoms with van der Waals surface area (Å²) in [5.74, 6) is -1.32. The lowest BCUT2D eigenvalue weighted by Gasteiger charge is -2.13. The first-order chi connectivity index (χ1) is 12.0. The van der Waals surface area contributed by atoms with E-state index in [4.69, 9.17) is 5.11 Å². The van der Waals surface area contributed by atoms with Crippen LogP contribution in [0.4, 0.5) is 8.78 Å². The molecule has 0 heterocycles. The van der Waals surface area contributed by atoms with Crippen LogP contribution in [0.3, 0.4) is 0 Å².